The van der Waals surface area contributed by atoms with Gasteiger partial charge in [0.2, 0.25) is 0 Å². The molecule has 0 radical (unpaired) electrons. The number of aryl methyl sites for hydroxylation is 1. The summed E-state index contributed by atoms with van der Waals surface area (Å²) in [6, 6.07) is 13.0. The van der Waals surface area contributed by atoms with E-state index in [0.29, 0.717) is 17.2 Å². The first-order chi connectivity index (χ1) is 14.5. The molecule has 0 aliphatic carbocycles. The maximum Gasteiger partial charge on any atom is 0.267 e. The molecule has 8 heteroatoms. The quantitative estimate of drug-likeness (QED) is 0.449. The SMILES string of the molecule is CCN(CC)c1ccc(N/C=C(/C#N)C(=O)Nc2cc(OC)ccc2OC)c(C)c1.[Cl-]. The molecular formula is C23H28ClN4O3-. The lowest BCUT2D eigenvalue weighted by Crippen LogP contribution is -3.00. The van der Waals surface area contributed by atoms with Gasteiger partial charge in [-0.3, -0.25) is 4.79 Å². The highest BCUT2D eigenvalue weighted by Crippen LogP contribution is 2.29. The zero-order chi connectivity index (χ0) is 22.1. The van der Waals surface area contributed by atoms with E-state index in [1.807, 2.05) is 25.1 Å². The molecule has 0 aliphatic heterocycles. The van der Waals surface area contributed by atoms with Gasteiger partial charge in [-0.1, -0.05) is 0 Å². The lowest BCUT2D eigenvalue weighted by atomic mass is 10.1. The van der Waals surface area contributed by atoms with Crippen LogP contribution in [0.15, 0.2) is 48.2 Å². The second-order valence-corrected chi connectivity index (χ2v) is 6.51. The van der Waals surface area contributed by atoms with Crippen LogP contribution in [0.1, 0.15) is 19.4 Å². The van der Waals surface area contributed by atoms with E-state index in [1.54, 1.807) is 18.2 Å². The Balaban J connectivity index is 0.00000480. The number of benzene rings is 2. The summed E-state index contributed by atoms with van der Waals surface area (Å²) in [5.41, 5.74) is 3.33. The molecule has 0 saturated heterocycles. The third kappa shape index (κ3) is 6.56. The number of carbonyl (C=O) groups is 1. The summed E-state index contributed by atoms with van der Waals surface area (Å²) < 4.78 is 10.4. The smallest absolute Gasteiger partial charge is 0.267 e. The maximum atomic E-state index is 12.6. The van der Waals surface area contributed by atoms with Crippen molar-refractivity contribution >= 4 is 23.0 Å². The van der Waals surface area contributed by atoms with Gasteiger partial charge in [0.05, 0.1) is 19.9 Å². The molecule has 0 aromatic heterocycles. The molecule has 2 rings (SSSR count). The molecule has 0 unspecified atom stereocenters. The van der Waals surface area contributed by atoms with Gasteiger partial charge in [0.25, 0.3) is 5.91 Å². The predicted molar refractivity (Wildman–Crippen MR) is 120 cm³/mol. The molecule has 7 nitrogen and oxygen atoms in total. The van der Waals surface area contributed by atoms with Crippen molar-refractivity contribution in [3.63, 3.8) is 0 Å². The number of nitrogens with one attached hydrogen (secondary N) is 2. The van der Waals surface area contributed by atoms with Crippen LogP contribution in [0.2, 0.25) is 0 Å². The number of hydrogen-bond acceptors (Lipinski definition) is 6. The first-order valence-electron chi connectivity index (χ1n) is 9.73. The first-order valence-corrected chi connectivity index (χ1v) is 9.73. The number of nitriles is 1. The Morgan fingerprint density at radius 2 is 1.81 bits per heavy atom. The van der Waals surface area contributed by atoms with E-state index in [-0.39, 0.29) is 18.0 Å². The highest BCUT2D eigenvalue weighted by molar-refractivity contribution is 6.07. The zero-order valence-electron chi connectivity index (χ0n) is 18.5. The summed E-state index contributed by atoms with van der Waals surface area (Å²) >= 11 is 0. The van der Waals surface area contributed by atoms with Crippen LogP contribution in [0.25, 0.3) is 0 Å². The predicted octanol–water partition coefficient (Wildman–Crippen LogP) is 1.32. The number of methoxy groups -OCH3 is 2. The number of rotatable bonds is 9. The zero-order valence-corrected chi connectivity index (χ0v) is 19.2. The second kappa shape index (κ2) is 12.4. The van der Waals surface area contributed by atoms with Gasteiger partial charge in [0.1, 0.15) is 23.1 Å². The molecule has 0 saturated carbocycles. The summed E-state index contributed by atoms with van der Waals surface area (Å²) in [7, 11) is 3.04. The molecule has 31 heavy (non-hydrogen) atoms. The largest absolute Gasteiger partial charge is 1.00 e. The number of halogens is 1. The maximum absolute atomic E-state index is 12.6. The summed E-state index contributed by atoms with van der Waals surface area (Å²) in [4.78, 5) is 14.8. The van der Waals surface area contributed by atoms with Crippen LogP contribution in [-0.4, -0.2) is 33.2 Å². The molecule has 0 spiro atoms. The summed E-state index contributed by atoms with van der Waals surface area (Å²) in [5.74, 6) is 0.488. The Labute approximate surface area is 190 Å². The standard InChI is InChI=1S/C23H28N4O3.ClH/c1-6-27(7-2)18-8-10-20(16(3)12-18)25-15-17(14-24)23(28)26-21-13-19(29-4)9-11-22(21)30-5;/h8-13,15,25H,6-7H2,1-5H3,(H,26,28);1H/p-1/b17-15-;. The van der Waals surface area contributed by atoms with Crippen molar-refractivity contribution < 1.29 is 26.7 Å². The van der Waals surface area contributed by atoms with Crippen molar-refractivity contribution in [2.24, 2.45) is 0 Å². The molecule has 2 aromatic carbocycles. The Hall–Kier alpha value is -3.37. The van der Waals surface area contributed by atoms with Crippen LogP contribution < -0.4 is 37.4 Å². The summed E-state index contributed by atoms with van der Waals surface area (Å²) in [6.45, 7) is 8.06. The molecular weight excluding hydrogens is 416 g/mol. The van der Waals surface area contributed by atoms with Crippen molar-refractivity contribution in [1.29, 1.82) is 5.26 Å². The van der Waals surface area contributed by atoms with E-state index in [1.165, 1.54) is 20.4 Å². The van der Waals surface area contributed by atoms with Crippen molar-refractivity contribution in [1.82, 2.24) is 0 Å². The van der Waals surface area contributed by atoms with Gasteiger partial charge < -0.3 is 37.4 Å². The van der Waals surface area contributed by atoms with Crippen molar-refractivity contribution in [3.05, 3.63) is 53.7 Å². The average molecular weight is 444 g/mol. The second-order valence-electron chi connectivity index (χ2n) is 6.51. The van der Waals surface area contributed by atoms with Crippen LogP contribution >= 0.6 is 0 Å². The molecule has 166 valence electrons. The van der Waals surface area contributed by atoms with Gasteiger partial charge in [-0.25, -0.2) is 0 Å². The fourth-order valence-corrected chi connectivity index (χ4v) is 3.00. The van der Waals surface area contributed by atoms with Gasteiger partial charge >= 0.3 is 0 Å². The minimum atomic E-state index is -0.547. The summed E-state index contributed by atoms with van der Waals surface area (Å²) in [6.07, 6.45) is 1.40. The van der Waals surface area contributed by atoms with Gasteiger partial charge in [-0.05, 0) is 56.7 Å². The number of nitrogens with zero attached hydrogens (tertiary/aromatic N) is 2. The molecule has 0 aliphatic rings. The van der Waals surface area contributed by atoms with Crippen LogP contribution in [0.5, 0.6) is 11.5 Å². The van der Waals surface area contributed by atoms with E-state index >= 15 is 0 Å². The number of anilines is 3. The molecule has 0 atom stereocenters. The Bertz CT molecular complexity index is 966. The number of ether oxygens (including phenoxy) is 2. The third-order valence-corrected chi connectivity index (χ3v) is 4.73. The van der Waals surface area contributed by atoms with Crippen molar-refractivity contribution in [3.8, 4) is 17.6 Å². The van der Waals surface area contributed by atoms with E-state index < -0.39 is 5.91 Å². The third-order valence-electron chi connectivity index (χ3n) is 4.73. The Kier molecular flexibility index (Phi) is 10.2. The topological polar surface area (TPSA) is 86.6 Å². The number of amides is 1. The highest BCUT2D eigenvalue weighted by Gasteiger charge is 2.14. The molecule has 2 aromatic rings. The van der Waals surface area contributed by atoms with Crippen LogP contribution in [0.4, 0.5) is 17.1 Å². The van der Waals surface area contributed by atoms with Crippen LogP contribution in [0.3, 0.4) is 0 Å². The van der Waals surface area contributed by atoms with Gasteiger partial charge in [-0.15, -0.1) is 0 Å². The fourth-order valence-electron chi connectivity index (χ4n) is 3.00. The minimum absolute atomic E-state index is 0. The van der Waals surface area contributed by atoms with E-state index in [9.17, 15) is 10.1 Å². The van der Waals surface area contributed by atoms with E-state index in [2.05, 4.69) is 35.4 Å². The minimum Gasteiger partial charge on any atom is -1.00 e. The molecule has 1 amide bonds. The van der Waals surface area contributed by atoms with E-state index in [0.717, 1.165) is 30.0 Å². The molecule has 2 N–H and O–H groups in total. The molecule has 0 heterocycles. The van der Waals surface area contributed by atoms with Crippen molar-refractivity contribution in [2.75, 3.05) is 42.8 Å². The van der Waals surface area contributed by atoms with Crippen molar-refractivity contribution in [2.45, 2.75) is 20.8 Å². The average Bonchev–Trinajstić information content (AvgIpc) is 2.76. The van der Waals surface area contributed by atoms with E-state index in [4.69, 9.17) is 9.47 Å². The monoisotopic (exact) mass is 443 g/mol. The molecule has 0 bridgehead atoms. The van der Waals surface area contributed by atoms with Crippen LogP contribution in [-0.2, 0) is 4.79 Å². The molecule has 0 fully saturated rings. The Morgan fingerprint density at radius 1 is 1.10 bits per heavy atom. The van der Waals surface area contributed by atoms with Crippen LogP contribution in [0, 0.1) is 18.3 Å². The summed E-state index contributed by atoms with van der Waals surface area (Å²) in [5, 5.41) is 15.2. The number of carbonyl (C=O) groups excluding carboxylic acids is 1. The fraction of sp³-hybridized carbons (Fsp3) is 0.304. The van der Waals surface area contributed by atoms with Gasteiger partial charge in [0, 0.05) is 36.7 Å². The highest BCUT2D eigenvalue weighted by atomic mass is 35.5. The first kappa shape index (κ1) is 25.7. The lowest BCUT2D eigenvalue weighted by Gasteiger charge is -2.22. The number of hydrogen-bond donors (Lipinski definition) is 2. The van der Waals surface area contributed by atoms with Gasteiger partial charge in [0.15, 0.2) is 0 Å². The Morgan fingerprint density at radius 3 is 2.35 bits per heavy atom. The van der Waals surface area contributed by atoms with Gasteiger partial charge in [-0.2, -0.15) is 5.26 Å². The normalized spacial score (nSPS) is 10.4. The lowest BCUT2D eigenvalue weighted by molar-refractivity contribution is -0.112.